The van der Waals surface area contributed by atoms with Crippen LogP contribution in [0.1, 0.15) is 70.8 Å². The topological polar surface area (TPSA) is 96.8 Å². The molecule has 2 aromatic rings. The van der Waals surface area contributed by atoms with Crippen molar-refractivity contribution in [3.63, 3.8) is 0 Å². The summed E-state index contributed by atoms with van der Waals surface area (Å²) in [6.07, 6.45) is 8.91. The minimum Gasteiger partial charge on any atom is -0.506 e. The number of aliphatic imine (C=N–C) groups is 1. The van der Waals surface area contributed by atoms with Crippen molar-refractivity contribution in [2.24, 2.45) is 4.99 Å². The van der Waals surface area contributed by atoms with Gasteiger partial charge in [0, 0.05) is 24.3 Å². The molecule has 31 heavy (non-hydrogen) atoms. The highest BCUT2D eigenvalue weighted by Gasteiger charge is 2.17. The number of nitrogens with zero attached hydrogens (tertiary/aromatic N) is 3. The van der Waals surface area contributed by atoms with Gasteiger partial charge in [-0.05, 0) is 31.0 Å². The van der Waals surface area contributed by atoms with Crippen LogP contribution in [0.4, 0.5) is 5.69 Å². The number of hydrogen-bond acceptors (Lipinski definition) is 5. The SMILES string of the molecule is CCCCCCCCn1c(O)c(C=Nc2cc(Cl)ccc2O)c(=O)n(CCCC)c1=O. The number of benzene rings is 1. The summed E-state index contributed by atoms with van der Waals surface area (Å²) in [5.74, 6) is -0.506. The van der Waals surface area contributed by atoms with Crippen molar-refractivity contribution in [1.29, 1.82) is 0 Å². The van der Waals surface area contributed by atoms with Gasteiger partial charge in [0.25, 0.3) is 5.56 Å². The number of aromatic nitrogens is 2. The number of aromatic hydroxyl groups is 2. The van der Waals surface area contributed by atoms with E-state index in [0.29, 0.717) is 18.0 Å². The van der Waals surface area contributed by atoms with Crippen molar-refractivity contribution in [2.75, 3.05) is 0 Å². The van der Waals surface area contributed by atoms with Gasteiger partial charge in [-0.3, -0.25) is 18.9 Å². The van der Waals surface area contributed by atoms with Gasteiger partial charge in [0.2, 0.25) is 5.88 Å². The molecule has 0 unspecified atom stereocenters. The molecule has 0 aliphatic carbocycles. The Bertz CT molecular complexity index is 1010. The smallest absolute Gasteiger partial charge is 0.333 e. The van der Waals surface area contributed by atoms with E-state index in [1.54, 1.807) is 0 Å². The Morgan fingerprint density at radius 3 is 2.29 bits per heavy atom. The summed E-state index contributed by atoms with van der Waals surface area (Å²) in [6, 6.07) is 4.37. The second-order valence-corrected chi connectivity index (χ2v) is 8.08. The summed E-state index contributed by atoms with van der Waals surface area (Å²) in [7, 11) is 0. The quantitative estimate of drug-likeness (QED) is 0.352. The Morgan fingerprint density at radius 2 is 1.58 bits per heavy atom. The maximum Gasteiger partial charge on any atom is 0.333 e. The van der Waals surface area contributed by atoms with E-state index in [9.17, 15) is 19.8 Å². The van der Waals surface area contributed by atoms with E-state index in [1.165, 1.54) is 35.4 Å². The highest BCUT2D eigenvalue weighted by atomic mass is 35.5. The molecule has 1 heterocycles. The molecule has 0 fully saturated rings. The first kappa shape index (κ1) is 24.7. The summed E-state index contributed by atoms with van der Waals surface area (Å²) in [4.78, 5) is 29.9. The van der Waals surface area contributed by atoms with Crippen LogP contribution in [0.15, 0.2) is 32.8 Å². The molecule has 2 N–H and O–H groups in total. The van der Waals surface area contributed by atoms with Crippen LogP contribution in [0.2, 0.25) is 5.02 Å². The number of halogens is 1. The van der Waals surface area contributed by atoms with Crippen molar-refractivity contribution in [3.05, 3.63) is 49.6 Å². The third kappa shape index (κ3) is 6.72. The van der Waals surface area contributed by atoms with Crippen LogP contribution >= 0.6 is 11.6 Å². The second kappa shape index (κ2) is 12.3. The van der Waals surface area contributed by atoms with Gasteiger partial charge in [-0.1, -0.05) is 64.0 Å². The Morgan fingerprint density at radius 1 is 0.935 bits per heavy atom. The molecule has 0 saturated heterocycles. The van der Waals surface area contributed by atoms with Crippen LogP contribution in [0.5, 0.6) is 11.6 Å². The molecule has 0 saturated carbocycles. The molecule has 7 nitrogen and oxygen atoms in total. The maximum absolute atomic E-state index is 12.9. The van der Waals surface area contributed by atoms with E-state index in [-0.39, 0.29) is 23.5 Å². The number of hydrogen-bond donors (Lipinski definition) is 2. The second-order valence-electron chi connectivity index (χ2n) is 7.64. The van der Waals surface area contributed by atoms with Crippen molar-refractivity contribution in [3.8, 4) is 11.6 Å². The molecule has 0 atom stereocenters. The maximum atomic E-state index is 12.9. The van der Waals surface area contributed by atoms with Crippen molar-refractivity contribution >= 4 is 23.5 Å². The predicted octanol–water partition coefficient (Wildman–Crippen LogP) is 4.99. The van der Waals surface area contributed by atoms with Gasteiger partial charge in [0.05, 0.1) is 0 Å². The number of phenolic OH excluding ortho intramolecular Hbond substituents is 1. The van der Waals surface area contributed by atoms with Crippen LogP contribution in [0, 0.1) is 0 Å². The first-order valence-corrected chi connectivity index (χ1v) is 11.4. The van der Waals surface area contributed by atoms with Crippen LogP contribution in [0.3, 0.4) is 0 Å². The summed E-state index contributed by atoms with van der Waals surface area (Å²) in [5.41, 5.74) is -1.02. The fourth-order valence-electron chi connectivity index (χ4n) is 3.32. The van der Waals surface area contributed by atoms with Gasteiger partial charge in [0.1, 0.15) is 17.0 Å². The lowest BCUT2D eigenvalue weighted by molar-refractivity contribution is 0.378. The molecular formula is C23H32ClN3O4. The van der Waals surface area contributed by atoms with Gasteiger partial charge in [-0.2, -0.15) is 0 Å². The standard InChI is InChI=1S/C23H32ClN3O4/c1-3-5-7-8-9-10-14-27-22(30)18(21(29)26(23(27)31)13-6-4-2)16-25-19-15-17(24)11-12-20(19)28/h11-12,15-16,28,30H,3-10,13-14H2,1-2H3. The molecule has 0 radical (unpaired) electrons. The van der Waals surface area contributed by atoms with Crippen LogP contribution in [-0.2, 0) is 13.1 Å². The summed E-state index contributed by atoms with van der Waals surface area (Å²) >= 11 is 5.95. The minimum absolute atomic E-state index is 0.0824. The lowest BCUT2D eigenvalue weighted by Crippen LogP contribution is -2.41. The summed E-state index contributed by atoms with van der Waals surface area (Å²) in [5, 5.41) is 21.0. The largest absolute Gasteiger partial charge is 0.506 e. The van der Waals surface area contributed by atoms with Gasteiger partial charge >= 0.3 is 5.69 Å². The number of unbranched alkanes of at least 4 members (excludes halogenated alkanes) is 6. The molecule has 2 rings (SSSR count). The first-order chi connectivity index (χ1) is 14.9. The van der Waals surface area contributed by atoms with Crippen molar-refractivity contribution < 1.29 is 10.2 Å². The molecule has 0 bridgehead atoms. The van der Waals surface area contributed by atoms with Crippen molar-refractivity contribution in [2.45, 2.75) is 78.3 Å². The predicted molar refractivity (Wildman–Crippen MR) is 125 cm³/mol. The molecule has 0 aliphatic rings. The van der Waals surface area contributed by atoms with E-state index in [4.69, 9.17) is 11.6 Å². The Labute approximate surface area is 187 Å². The molecule has 170 valence electrons. The van der Waals surface area contributed by atoms with Gasteiger partial charge in [0.15, 0.2) is 0 Å². The van der Waals surface area contributed by atoms with Gasteiger partial charge in [-0.25, -0.2) is 4.79 Å². The molecule has 0 spiro atoms. The third-order valence-corrected chi connectivity index (χ3v) is 5.41. The average Bonchev–Trinajstić information content (AvgIpc) is 2.74. The fourth-order valence-corrected chi connectivity index (χ4v) is 3.49. The lowest BCUT2D eigenvalue weighted by atomic mass is 10.1. The highest BCUT2D eigenvalue weighted by Crippen LogP contribution is 2.29. The van der Waals surface area contributed by atoms with Gasteiger partial charge in [-0.15, -0.1) is 0 Å². The molecule has 1 aromatic heterocycles. The average molecular weight is 450 g/mol. The first-order valence-electron chi connectivity index (χ1n) is 11.0. The number of phenols is 1. The minimum atomic E-state index is -0.597. The van der Waals surface area contributed by atoms with E-state index in [2.05, 4.69) is 11.9 Å². The molecule has 1 aromatic carbocycles. The number of rotatable bonds is 12. The Hall–Kier alpha value is -2.54. The highest BCUT2D eigenvalue weighted by molar-refractivity contribution is 6.30. The van der Waals surface area contributed by atoms with E-state index >= 15 is 0 Å². The van der Waals surface area contributed by atoms with Gasteiger partial charge < -0.3 is 10.2 Å². The molecule has 0 aliphatic heterocycles. The summed E-state index contributed by atoms with van der Waals surface area (Å²) in [6.45, 7) is 4.73. The monoisotopic (exact) mass is 449 g/mol. The molecule has 0 amide bonds. The zero-order valence-electron chi connectivity index (χ0n) is 18.3. The zero-order chi connectivity index (χ0) is 22.8. The Balaban J connectivity index is 2.39. The Kier molecular flexibility index (Phi) is 9.85. The summed E-state index contributed by atoms with van der Waals surface area (Å²) < 4.78 is 2.40. The van der Waals surface area contributed by atoms with E-state index in [1.807, 2.05) is 6.92 Å². The van der Waals surface area contributed by atoms with E-state index < -0.39 is 17.1 Å². The van der Waals surface area contributed by atoms with Crippen LogP contribution in [-0.4, -0.2) is 25.6 Å². The lowest BCUT2D eigenvalue weighted by Gasteiger charge is -2.14. The molecule has 8 heteroatoms. The van der Waals surface area contributed by atoms with Crippen LogP contribution < -0.4 is 11.2 Å². The fraction of sp³-hybridized carbons (Fsp3) is 0.522. The zero-order valence-corrected chi connectivity index (χ0v) is 19.1. The normalized spacial score (nSPS) is 11.5. The van der Waals surface area contributed by atoms with Crippen molar-refractivity contribution in [1.82, 2.24) is 9.13 Å². The third-order valence-electron chi connectivity index (χ3n) is 5.17. The van der Waals surface area contributed by atoms with Crippen LogP contribution in [0.25, 0.3) is 0 Å². The van der Waals surface area contributed by atoms with E-state index in [0.717, 1.165) is 43.1 Å². The molecular weight excluding hydrogens is 418 g/mol.